The predicted molar refractivity (Wildman–Crippen MR) is 137 cm³/mol. The molecule has 0 amide bonds. The lowest BCUT2D eigenvalue weighted by Gasteiger charge is -2.38. The zero-order valence-electron chi connectivity index (χ0n) is 22.1. The Kier molecular flexibility index (Phi) is 7.48. The minimum absolute atomic E-state index is 0.0263. The lowest BCUT2D eigenvalue weighted by Crippen LogP contribution is -2.44. The van der Waals surface area contributed by atoms with Crippen molar-refractivity contribution < 1.29 is 28.5 Å². The smallest absolute Gasteiger partial charge is 0.250 e. The molecule has 2 aromatic carbocycles. The van der Waals surface area contributed by atoms with E-state index in [1.165, 1.54) is 0 Å². The number of ether oxygens (including phenoxy) is 4. The summed E-state index contributed by atoms with van der Waals surface area (Å²) in [6.07, 6.45) is 3.19. The van der Waals surface area contributed by atoms with Gasteiger partial charge in [0, 0.05) is 5.56 Å². The highest BCUT2D eigenvalue weighted by molar-refractivity contribution is 6.74. The highest BCUT2D eigenvalue weighted by Gasteiger charge is 2.42. The molecule has 1 unspecified atom stereocenters. The average molecular weight is 489 g/mol. The molecule has 0 saturated carbocycles. The summed E-state index contributed by atoms with van der Waals surface area (Å²) >= 11 is 0. The maximum absolute atomic E-state index is 12.3. The molecule has 0 aromatic heterocycles. The summed E-state index contributed by atoms with van der Waals surface area (Å²) in [6.45, 7) is 11.1. The SMILES string of the molecule is COc1cc(C2(O)CCCCc3c2ccc(OC)c3O[Si](C)(C)C(C)(C)C)cc(OC)c1OC. The lowest BCUT2D eigenvalue weighted by molar-refractivity contribution is 0.0696. The van der Waals surface area contributed by atoms with Crippen molar-refractivity contribution in [2.75, 3.05) is 28.4 Å². The summed E-state index contributed by atoms with van der Waals surface area (Å²) in [5.74, 6) is 3.00. The molecule has 0 radical (unpaired) electrons. The second-order valence-corrected chi connectivity index (χ2v) is 15.2. The van der Waals surface area contributed by atoms with E-state index in [1.807, 2.05) is 24.3 Å². The van der Waals surface area contributed by atoms with Crippen molar-refractivity contribution in [3.05, 3.63) is 41.0 Å². The molecule has 6 nitrogen and oxygen atoms in total. The fourth-order valence-corrected chi connectivity index (χ4v) is 5.40. The van der Waals surface area contributed by atoms with Crippen LogP contribution < -0.4 is 23.4 Å². The lowest BCUT2D eigenvalue weighted by atomic mass is 9.81. The van der Waals surface area contributed by atoms with E-state index in [9.17, 15) is 5.11 Å². The van der Waals surface area contributed by atoms with Gasteiger partial charge in [-0.25, -0.2) is 0 Å². The Morgan fingerprint density at radius 3 is 1.91 bits per heavy atom. The molecular formula is C27H40O6Si. The maximum Gasteiger partial charge on any atom is 0.250 e. The summed E-state index contributed by atoms with van der Waals surface area (Å²) in [5.41, 5.74) is 1.32. The van der Waals surface area contributed by atoms with Crippen molar-refractivity contribution in [2.24, 2.45) is 0 Å². The highest BCUT2D eigenvalue weighted by atomic mass is 28.4. The Hall–Kier alpha value is -2.38. The van der Waals surface area contributed by atoms with Crippen molar-refractivity contribution >= 4 is 8.32 Å². The van der Waals surface area contributed by atoms with Gasteiger partial charge >= 0.3 is 0 Å². The van der Waals surface area contributed by atoms with Crippen LogP contribution in [0.5, 0.6) is 28.7 Å². The van der Waals surface area contributed by atoms with E-state index in [4.69, 9.17) is 23.4 Å². The molecule has 0 heterocycles. The molecule has 0 fully saturated rings. The normalized spacial score (nSPS) is 18.5. The van der Waals surface area contributed by atoms with Gasteiger partial charge in [-0.15, -0.1) is 0 Å². The van der Waals surface area contributed by atoms with E-state index in [-0.39, 0.29) is 5.04 Å². The molecule has 7 heteroatoms. The summed E-state index contributed by atoms with van der Waals surface area (Å²) in [4.78, 5) is 0. The monoisotopic (exact) mass is 488 g/mol. The first-order valence-electron chi connectivity index (χ1n) is 11.9. The van der Waals surface area contributed by atoms with Gasteiger partial charge in [0.05, 0.1) is 28.4 Å². The van der Waals surface area contributed by atoms with Gasteiger partial charge in [-0.1, -0.05) is 26.8 Å². The Morgan fingerprint density at radius 2 is 1.41 bits per heavy atom. The molecule has 188 valence electrons. The van der Waals surface area contributed by atoms with E-state index >= 15 is 0 Å². The van der Waals surface area contributed by atoms with Crippen LogP contribution in [-0.4, -0.2) is 41.9 Å². The Balaban J connectivity index is 2.26. The standard InChI is InChI=1S/C27H40O6Si/c1-26(2,3)34(8,9)33-24-19-12-10-11-15-27(28,20(19)13-14-21(24)29-4)18-16-22(30-5)25(32-7)23(17-18)31-6/h13-14,16-17,28H,10-12,15H2,1-9H3. The minimum Gasteiger partial charge on any atom is -0.541 e. The van der Waals surface area contributed by atoms with E-state index in [0.29, 0.717) is 35.0 Å². The van der Waals surface area contributed by atoms with E-state index in [0.717, 1.165) is 36.1 Å². The van der Waals surface area contributed by atoms with Gasteiger partial charge in [0.15, 0.2) is 17.2 Å². The third kappa shape index (κ3) is 4.60. The van der Waals surface area contributed by atoms with Crippen LogP contribution >= 0.6 is 0 Å². The van der Waals surface area contributed by atoms with Gasteiger partial charge in [-0.3, -0.25) is 0 Å². The number of hydrogen-bond donors (Lipinski definition) is 1. The molecule has 34 heavy (non-hydrogen) atoms. The molecule has 0 saturated heterocycles. The molecular weight excluding hydrogens is 448 g/mol. The van der Waals surface area contributed by atoms with Crippen molar-refractivity contribution in [2.45, 2.75) is 70.2 Å². The van der Waals surface area contributed by atoms with Crippen LogP contribution in [0.25, 0.3) is 0 Å². The van der Waals surface area contributed by atoms with Crippen molar-refractivity contribution in [1.29, 1.82) is 0 Å². The predicted octanol–water partition coefficient (Wildman–Crippen LogP) is 6.07. The quantitative estimate of drug-likeness (QED) is 0.377. The second-order valence-electron chi connectivity index (χ2n) is 10.5. The van der Waals surface area contributed by atoms with Gasteiger partial charge in [0.2, 0.25) is 5.75 Å². The molecule has 1 aliphatic carbocycles. The fraction of sp³-hybridized carbons (Fsp3) is 0.556. The first-order valence-corrected chi connectivity index (χ1v) is 14.8. The number of rotatable bonds is 7. The van der Waals surface area contributed by atoms with Crippen LogP contribution in [0.1, 0.15) is 56.7 Å². The maximum atomic E-state index is 12.3. The second kappa shape index (κ2) is 9.70. The fourth-order valence-electron chi connectivity index (χ4n) is 4.36. The molecule has 0 spiro atoms. The molecule has 1 atom stereocenters. The Labute approximate surface area is 205 Å². The Bertz CT molecular complexity index is 1000. The van der Waals surface area contributed by atoms with E-state index in [2.05, 4.69) is 33.9 Å². The van der Waals surface area contributed by atoms with Crippen molar-refractivity contribution in [1.82, 2.24) is 0 Å². The van der Waals surface area contributed by atoms with Crippen LogP contribution in [-0.2, 0) is 12.0 Å². The van der Waals surface area contributed by atoms with Gasteiger partial charge in [0.25, 0.3) is 8.32 Å². The van der Waals surface area contributed by atoms with Gasteiger partial charge in [0.1, 0.15) is 11.4 Å². The number of aliphatic hydroxyl groups is 1. The van der Waals surface area contributed by atoms with Crippen LogP contribution in [0.2, 0.25) is 18.1 Å². The summed E-state index contributed by atoms with van der Waals surface area (Å²) < 4.78 is 29.2. The first-order chi connectivity index (χ1) is 15.9. The average Bonchev–Trinajstić information content (AvgIpc) is 2.97. The van der Waals surface area contributed by atoms with Gasteiger partial charge in [-0.2, -0.15) is 0 Å². The van der Waals surface area contributed by atoms with Crippen LogP contribution in [0.3, 0.4) is 0 Å². The largest absolute Gasteiger partial charge is 0.541 e. The van der Waals surface area contributed by atoms with Crippen molar-refractivity contribution in [3.8, 4) is 28.7 Å². The summed E-state index contributed by atoms with van der Waals surface area (Å²) in [7, 11) is 4.26. The molecule has 0 bridgehead atoms. The molecule has 3 rings (SSSR count). The Morgan fingerprint density at radius 1 is 0.824 bits per heavy atom. The van der Waals surface area contributed by atoms with Crippen LogP contribution in [0.15, 0.2) is 24.3 Å². The molecule has 1 aliphatic rings. The van der Waals surface area contributed by atoms with Crippen LogP contribution in [0, 0.1) is 0 Å². The number of fused-ring (bicyclic) bond motifs is 1. The van der Waals surface area contributed by atoms with Crippen LogP contribution in [0.4, 0.5) is 0 Å². The number of benzene rings is 2. The summed E-state index contributed by atoms with van der Waals surface area (Å²) in [5, 5.41) is 12.3. The highest BCUT2D eigenvalue weighted by Crippen LogP contribution is 2.50. The van der Waals surface area contributed by atoms with Crippen molar-refractivity contribution in [3.63, 3.8) is 0 Å². The third-order valence-electron chi connectivity index (χ3n) is 7.41. The van der Waals surface area contributed by atoms with E-state index < -0.39 is 13.9 Å². The summed E-state index contributed by atoms with van der Waals surface area (Å²) in [6, 6.07) is 7.57. The van der Waals surface area contributed by atoms with E-state index in [1.54, 1.807) is 28.4 Å². The molecule has 1 N–H and O–H groups in total. The number of methoxy groups -OCH3 is 4. The zero-order valence-corrected chi connectivity index (χ0v) is 23.1. The topological polar surface area (TPSA) is 66.4 Å². The number of hydrogen-bond acceptors (Lipinski definition) is 6. The first kappa shape index (κ1) is 26.2. The molecule has 0 aliphatic heterocycles. The van der Waals surface area contributed by atoms with Gasteiger partial charge in [-0.05, 0) is 73.1 Å². The molecule has 2 aromatic rings. The van der Waals surface area contributed by atoms with Gasteiger partial charge < -0.3 is 28.5 Å². The third-order valence-corrected chi connectivity index (χ3v) is 11.7. The zero-order chi connectivity index (χ0) is 25.3. The minimum atomic E-state index is -2.15.